The second-order valence-corrected chi connectivity index (χ2v) is 6.63. The normalized spacial score (nSPS) is 26.2. The number of H-pyrrole nitrogens is 1. The summed E-state index contributed by atoms with van der Waals surface area (Å²) in [6.45, 7) is 1.61. The predicted molar refractivity (Wildman–Crippen MR) is 82.8 cm³/mol. The van der Waals surface area contributed by atoms with E-state index < -0.39 is 5.54 Å². The second-order valence-electron chi connectivity index (χ2n) is 6.63. The number of ketones is 1. The first-order valence-electron chi connectivity index (χ1n) is 8.08. The van der Waals surface area contributed by atoms with Gasteiger partial charge in [-0.2, -0.15) is 5.10 Å². The number of nitrogens with zero attached hydrogens (tertiary/aromatic N) is 3. The van der Waals surface area contributed by atoms with Crippen LogP contribution >= 0.6 is 0 Å². The summed E-state index contributed by atoms with van der Waals surface area (Å²) in [6, 6.07) is -0.389. The third kappa shape index (κ3) is 2.44. The minimum atomic E-state index is -0.839. The third-order valence-corrected chi connectivity index (χ3v) is 5.41. The molecule has 0 radical (unpaired) electrons. The van der Waals surface area contributed by atoms with E-state index in [0.29, 0.717) is 5.56 Å². The number of amides is 3. The topological polar surface area (TPSA) is 86.4 Å². The van der Waals surface area contributed by atoms with Gasteiger partial charge in [0.2, 0.25) is 0 Å². The zero-order chi connectivity index (χ0) is 16.6. The highest BCUT2D eigenvalue weighted by molar-refractivity contribution is 6.10. The number of likely N-dealkylation sites (N-methyl/N-ethyl adjacent to an activating group) is 1. The van der Waals surface area contributed by atoms with E-state index in [0.717, 1.165) is 30.6 Å². The van der Waals surface area contributed by atoms with Crippen LogP contribution in [0, 0.1) is 5.92 Å². The number of aromatic nitrogens is 2. The Morgan fingerprint density at radius 3 is 2.65 bits per heavy atom. The Labute approximate surface area is 135 Å². The van der Waals surface area contributed by atoms with E-state index >= 15 is 0 Å². The summed E-state index contributed by atoms with van der Waals surface area (Å²) in [5.74, 6) is -0.387. The molecule has 1 aliphatic heterocycles. The number of aromatic amines is 1. The summed E-state index contributed by atoms with van der Waals surface area (Å²) >= 11 is 0. The molecule has 1 N–H and O–H groups in total. The number of urea groups is 1. The van der Waals surface area contributed by atoms with Crippen molar-refractivity contribution < 1.29 is 14.4 Å². The molecular weight excluding hydrogens is 296 g/mol. The summed E-state index contributed by atoms with van der Waals surface area (Å²) in [4.78, 5) is 40.3. The van der Waals surface area contributed by atoms with Gasteiger partial charge in [-0.15, -0.1) is 0 Å². The van der Waals surface area contributed by atoms with Gasteiger partial charge in [0.15, 0.2) is 5.78 Å². The zero-order valence-electron chi connectivity index (χ0n) is 13.5. The highest BCUT2D eigenvalue weighted by Gasteiger charge is 2.56. The van der Waals surface area contributed by atoms with Gasteiger partial charge in [0, 0.05) is 13.2 Å². The molecule has 7 heteroatoms. The van der Waals surface area contributed by atoms with Gasteiger partial charge >= 0.3 is 6.03 Å². The van der Waals surface area contributed by atoms with E-state index in [1.165, 1.54) is 23.7 Å². The molecule has 1 aliphatic carbocycles. The summed E-state index contributed by atoms with van der Waals surface area (Å²) < 4.78 is 0. The fourth-order valence-electron chi connectivity index (χ4n) is 3.77. The van der Waals surface area contributed by atoms with Crippen LogP contribution in [0.2, 0.25) is 0 Å². The van der Waals surface area contributed by atoms with E-state index in [1.54, 1.807) is 7.05 Å². The van der Waals surface area contributed by atoms with Crippen molar-refractivity contribution >= 4 is 17.7 Å². The fraction of sp³-hybridized carbons (Fsp3) is 0.625. The number of hydrogen-bond acceptors (Lipinski definition) is 4. The SMILES string of the molecule is CN1C(=O)N(CC(=O)c2cn[nH]c2)C(=O)C1(C)C1CCCCC1. The first-order chi connectivity index (χ1) is 11.0. The van der Waals surface area contributed by atoms with Gasteiger partial charge in [-0.3, -0.25) is 19.6 Å². The molecule has 7 nitrogen and oxygen atoms in total. The van der Waals surface area contributed by atoms with Gasteiger partial charge in [0.1, 0.15) is 5.54 Å². The highest BCUT2D eigenvalue weighted by atomic mass is 16.2. The molecule has 1 aromatic heterocycles. The first-order valence-corrected chi connectivity index (χ1v) is 8.08. The van der Waals surface area contributed by atoms with Crippen LogP contribution in [0.15, 0.2) is 12.4 Å². The van der Waals surface area contributed by atoms with Crippen molar-refractivity contribution in [2.75, 3.05) is 13.6 Å². The predicted octanol–water partition coefficient (Wildman–Crippen LogP) is 1.83. The van der Waals surface area contributed by atoms with Crippen LogP contribution in [-0.2, 0) is 4.79 Å². The van der Waals surface area contributed by atoms with E-state index in [-0.39, 0.29) is 30.2 Å². The smallest absolute Gasteiger partial charge is 0.313 e. The Morgan fingerprint density at radius 2 is 2.04 bits per heavy atom. The maximum atomic E-state index is 12.9. The van der Waals surface area contributed by atoms with Crippen molar-refractivity contribution in [3.63, 3.8) is 0 Å². The van der Waals surface area contributed by atoms with Crippen LogP contribution in [0.3, 0.4) is 0 Å². The molecule has 2 aliphatic rings. The lowest BCUT2D eigenvalue weighted by Crippen LogP contribution is -2.52. The molecule has 1 saturated heterocycles. The molecular formula is C16H22N4O3. The number of rotatable bonds is 4. The molecule has 1 atom stereocenters. The zero-order valence-corrected chi connectivity index (χ0v) is 13.5. The van der Waals surface area contributed by atoms with Gasteiger partial charge in [0.25, 0.3) is 5.91 Å². The molecule has 1 aromatic rings. The molecule has 2 fully saturated rings. The Balaban J connectivity index is 1.81. The number of imide groups is 1. The quantitative estimate of drug-likeness (QED) is 0.678. The minimum Gasteiger partial charge on any atom is -0.313 e. The Hall–Kier alpha value is -2.18. The maximum Gasteiger partial charge on any atom is 0.327 e. The van der Waals surface area contributed by atoms with E-state index in [2.05, 4.69) is 10.2 Å². The van der Waals surface area contributed by atoms with Crippen LogP contribution in [0.1, 0.15) is 49.4 Å². The molecule has 1 unspecified atom stereocenters. The van der Waals surface area contributed by atoms with Crippen molar-refractivity contribution in [3.8, 4) is 0 Å². The Kier molecular flexibility index (Phi) is 3.95. The number of Topliss-reactive ketones (excluding diaryl/α,β-unsaturated/α-hetero) is 1. The molecule has 3 rings (SSSR count). The average molecular weight is 318 g/mol. The summed E-state index contributed by atoms with van der Waals surface area (Å²) in [7, 11) is 1.66. The number of hydrogen-bond donors (Lipinski definition) is 1. The van der Waals surface area contributed by atoms with Crippen molar-refractivity contribution in [1.29, 1.82) is 0 Å². The fourth-order valence-corrected chi connectivity index (χ4v) is 3.77. The van der Waals surface area contributed by atoms with Crippen molar-refractivity contribution in [3.05, 3.63) is 18.0 Å². The highest BCUT2D eigenvalue weighted by Crippen LogP contribution is 2.40. The second kappa shape index (κ2) is 5.79. The molecule has 2 heterocycles. The van der Waals surface area contributed by atoms with E-state index in [1.807, 2.05) is 6.92 Å². The Morgan fingerprint density at radius 1 is 1.35 bits per heavy atom. The van der Waals surface area contributed by atoms with Crippen LogP contribution in [0.25, 0.3) is 0 Å². The van der Waals surface area contributed by atoms with E-state index in [4.69, 9.17) is 0 Å². The van der Waals surface area contributed by atoms with E-state index in [9.17, 15) is 14.4 Å². The Bertz CT molecular complexity index is 621. The van der Waals surface area contributed by atoms with Gasteiger partial charge in [-0.25, -0.2) is 4.79 Å². The van der Waals surface area contributed by atoms with Crippen molar-refractivity contribution in [2.24, 2.45) is 5.92 Å². The molecule has 23 heavy (non-hydrogen) atoms. The van der Waals surface area contributed by atoms with Gasteiger partial charge in [-0.1, -0.05) is 19.3 Å². The van der Waals surface area contributed by atoms with Crippen LogP contribution in [-0.4, -0.2) is 56.9 Å². The van der Waals surface area contributed by atoms with Crippen LogP contribution < -0.4 is 0 Å². The van der Waals surface area contributed by atoms with Crippen molar-refractivity contribution in [1.82, 2.24) is 20.0 Å². The van der Waals surface area contributed by atoms with Crippen molar-refractivity contribution in [2.45, 2.75) is 44.6 Å². The lowest BCUT2D eigenvalue weighted by molar-refractivity contribution is -0.135. The lowest BCUT2D eigenvalue weighted by Gasteiger charge is -2.38. The molecule has 0 bridgehead atoms. The number of carbonyl (C=O) groups excluding carboxylic acids is 3. The third-order valence-electron chi connectivity index (χ3n) is 5.41. The standard InChI is InChI=1S/C16H22N4O3/c1-16(12-6-4-3-5-7-12)14(22)20(15(23)19(16)2)10-13(21)11-8-17-18-9-11/h8-9,12H,3-7,10H2,1-2H3,(H,17,18). The number of nitrogens with one attached hydrogen (secondary N) is 1. The van der Waals surface area contributed by atoms with Gasteiger partial charge in [-0.05, 0) is 25.7 Å². The summed E-state index contributed by atoms with van der Waals surface area (Å²) in [5.41, 5.74) is -0.465. The monoisotopic (exact) mass is 318 g/mol. The maximum absolute atomic E-state index is 12.9. The summed E-state index contributed by atoms with van der Waals surface area (Å²) in [5, 5.41) is 6.29. The molecule has 0 spiro atoms. The molecule has 3 amide bonds. The van der Waals surface area contributed by atoms with Crippen LogP contribution in [0.5, 0.6) is 0 Å². The average Bonchev–Trinajstić information content (AvgIpc) is 3.16. The minimum absolute atomic E-state index is 0.159. The molecule has 124 valence electrons. The van der Waals surface area contributed by atoms with Crippen LogP contribution in [0.4, 0.5) is 4.79 Å². The van der Waals surface area contributed by atoms with Gasteiger partial charge < -0.3 is 4.90 Å². The summed E-state index contributed by atoms with van der Waals surface area (Å²) in [6.07, 6.45) is 8.12. The largest absolute Gasteiger partial charge is 0.327 e. The number of carbonyl (C=O) groups is 3. The molecule has 0 aromatic carbocycles. The molecule has 1 saturated carbocycles. The van der Waals surface area contributed by atoms with Gasteiger partial charge in [0.05, 0.1) is 18.3 Å². The first kappa shape index (κ1) is 15.7. The lowest BCUT2D eigenvalue weighted by atomic mass is 9.75.